The molecular formula is C10H13F3N2O4. The van der Waals surface area contributed by atoms with Crippen LogP contribution in [0.1, 0.15) is 0 Å². The van der Waals surface area contributed by atoms with Crippen LogP contribution in [0.2, 0.25) is 0 Å². The molecule has 9 heteroatoms. The van der Waals surface area contributed by atoms with Gasteiger partial charge in [-0.2, -0.15) is 13.2 Å². The lowest BCUT2D eigenvalue weighted by molar-refractivity contribution is -0.173. The van der Waals surface area contributed by atoms with Crippen molar-refractivity contribution in [3.05, 3.63) is 0 Å². The lowest BCUT2D eigenvalue weighted by Gasteiger charge is -2.18. The number of urea groups is 1. The number of carbonyl (C=O) groups excluding carboxylic acids is 1. The smallest absolute Gasteiger partial charge is 0.411 e. The average Bonchev–Trinajstić information content (AvgIpc) is 2.25. The Morgan fingerprint density at radius 3 is 2.53 bits per heavy atom. The maximum Gasteiger partial charge on any atom is 0.411 e. The van der Waals surface area contributed by atoms with Gasteiger partial charge in [0.1, 0.15) is 13.2 Å². The van der Waals surface area contributed by atoms with Crippen molar-refractivity contribution in [2.75, 3.05) is 32.8 Å². The first-order valence-electron chi connectivity index (χ1n) is 5.09. The number of aliphatic carboxylic acids is 1. The van der Waals surface area contributed by atoms with E-state index >= 15 is 0 Å². The SMILES string of the molecule is C#CCN(CC(=O)O)C(=O)NCCOCC(F)(F)F. The van der Waals surface area contributed by atoms with E-state index in [4.69, 9.17) is 11.5 Å². The predicted octanol–water partition coefficient (Wildman–Crippen LogP) is 0.295. The lowest BCUT2D eigenvalue weighted by Crippen LogP contribution is -2.44. The first kappa shape index (κ1) is 17.1. The van der Waals surface area contributed by atoms with Gasteiger partial charge in [0.05, 0.1) is 13.2 Å². The molecule has 0 aromatic carbocycles. The number of alkyl halides is 3. The second kappa shape index (κ2) is 8.20. The number of halogens is 3. The van der Waals surface area contributed by atoms with Crippen LogP contribution in [-0.4, -0.2) is 61.0 Å². The van der Waals surface area contributed by atoms with Crippen molar-refractivity contribution < 1.29 is 32.6 Å². The van der Waals surface area contributed by atoms with Gasteiger partial charge in [-0.05, 0) is 0 Å². The molecule has 0 aliphatic carbocycles. The van der Waals surface area contributed by atoms with Crippen LogP contribution in [-0.2, 0) is 9.53 Å². The fraction of sp³-hybridized carbons (Fsp3) is 0.600. The molecule has 0 aliphatic rings. The molecule has 0 aliphatic heterocycles. The van der Waals surface area contributed by atoms with Gasteiger partial charge < -0.3 is 20.1 Å². The van der Waals surface area contributed by atoms with Crippen molar-refractivity contribution in [2.45, 2.75) is 6.18 Å². The normalized spacial score (nSPS) is 10.6. The largest absolute Gasteiger partial charge is 0.480 e. The van der Waals surface area contributed by atoms with E-state index in [1.807, 2.05) is 0 Å². The fourth-order valence-electron chi connectivity index (χ4n) is 1.00. The van der Waals surface area contributed by atoms with Crippen LogP contribution in [0.5, 0.6) is 0 Å². The van der Waals surface area contributed by atoms with Gasteiger partial charge in [0.15, 0.2) is 0 Å². The summed E-state index contributed by atoms with van der Waals surface area (Å²) in [6.45, 7) is -2.76. The molecule has 19 heavy (non-hydrogen) atoms. The zero-order chi connectivity index (χ0) is 14.9. The highest BCUT2D eigenvalue weighted by molar-refractivity contribution is 5.80. The topological polar surface area (TPSA) is 78.9 Å². The third-order valence-corrected chi connectivity index (χ3v) is 1.68. The first-order chi connectivity index (χ1) is 8.76. The predicted molar refractivity (Wildman–Crippen MR) is 58.3 cm³/mol. The first-order valence-corrected chi connectivity index (χ1v) is 5.09. The van der Waals surface area contributed by atoms with Gasteiger partial charge in [-0.25, -0.2) is 4.79 Å². The Morgan fingerprint density at radius 1 is 1.42 bits per heavy atom. The Morgan fingerprint density at radius 2 is 2.05 bits per heavy atom. The molecule has 108 valence electrons. The summed E-state index contributed by atoms with van der Waals surface area (Å²) in [5.41, 5.74) is 0. The molecule has 0 saturated carbocycles. The van der Waals surface area contributed by atoms with E-state index in [-0.39, 0.29) is 19.7 Å². The number of hydrogen-bond acceptors (Lipinski definition) is 3. The second-order valence-corrected chi connectivity index (χ2v) is 3.35. The van der Waals surface area contributed by atoms with Gasteiger partial charge in [-0.1, -0.05) is 5.92 Å². The van der Waals surface area contributed by atoms with Crippen molar-refractivity contribution in [2.24, 2.45) is 0 Å². The molecular weight excluding hydrogens is 269 g/mol. The molecule has 0 unspecified atom stereocenters. The van der Waals surface area contributed by atoms with Gasteiger partial charge in [-0.3, -0.25) is 4.79 Å². The van der Waals surface area contributed by atoms with Crippen LogP contribution in [0.15, 0.2) is 0 Å². The van der Waals surface area contributed by atoms with Gasteiger partial charge in [0.25, 0.3) is 0 Å². The van der Waals surface area contributed by atoms with Gasteiger partial charge in [0, 0.05) is 6.54 Å². The molecule has 0 aromatic heterocycles. The molecule has 0 rings (SSSR count). The molecule has 2 amide bonds. The molecule has 0 aromatic rings. The second-order valence-electron chi connectivity index (χ2n) is 3.35. The molecule has 2 N–H and O–H groups in total. The number of hydrogen-bond donors (Lipinski definition) is 2. The fourth-order valence-corrected chi connectivity index (χ4v) is 1.00. The summed E-state index contributed by atoms with van der Waals surface area (Å²) in [5.74, 6) is 0.846. The molecule has 6 nitrogen and oxygen atoms in total. The number of rotatable bonds is 7. The van der Waals surface area contributed by atoms with Crippen LogP contribution in [0.4, 0.5) is 18.0 Å². The van der Waals surface area contributed by atoms with E-state index in [0.717, 1.165) is 4.90 Å². The summed E-state index contributed by atoms with van der Waals surface area (Å²) < 4.78 is 39.4. The summed E-state index contributed by atoms with van der Waals surface area (Å²) in [7, 11) is 0. The number of nitrogens with zero attached hydrogens (tertiary/aromatic N) is 1. The van der Waals surface area contributed by atoms with Crippen LogP contribution in [0, 0.1) is 12.3 Å². The monoisotopic (exact) mass is 282 g/mol. The van der Waals surface area contributed by atoms with Crippen LogP contribution < -0.4 is 5.32 Å². The Bertz CT molecular complexity index is 352. The molecule has 0 fully saturated rings. The number of terminal acetylenes is 1. The highest BCUT2D eigenvalue weighted by Crippen LogP contribution is 2.13. The van der Waals surface area contributed by atoms with E-state index in [2.05, 4.69) is 16.0 Å². The highest BCUT2D eigenvalue weighted by Gasteiger charge is 2.27. The molecule has 0 atom stereocenters. The maximum atomic E-state index is 11.7. The third-order valence-electron chi connectivity index (χ3n) is 1.68. The van der Waals surface area contributed by atoms with Crippen LogP contribution in [0.3, 0.4) is 0 Å². The quantitative estimate of drug-likeness (QED) is 0.520. The number of carboxylic acid groups (broad SMARTS) is 1. The number of amides is 2. The Labute approximate surface area is 107 Å². The van der Waals surface area contributed by atoms with E-state index in [0.29, 0.717) is 0 Å². The minimum Gasteiger partial charge on any atom is -0.480 e. The van der Waals surface area contributed by atoms with Crippen LogP contribution in [0.25, 0.3) is 0 Å². The summed E-state index contributed by atoms with van der Waals surface area (Å²) in [4.78, 5) is 22.7. The van der Waals surface area contributed by atoms with Gasteiger partial charge in [-0.15, -0.1) is 6.42 Å². The molecule has 0 saturated heterocycles. The Hall–Kier alpha value is -1.95. The van der Waals surface area contributed by atoms with E-state index in [1.165, 1.54) is 0 Å². The zero-order valence-corrected chi connectivity index (χ0v) is 9.87. The van der Waals surface area contributed by atoms with E-state index < -0.39 is 31.3 Å². The van der Waals surface area contributed by atoms with Gasteiger partial charge >= 0.3 is 18.2 Å². The summed E-state index contributed by atoms with van der Waals surface area (Å²) in [6, 6.07) is -0.782. The van der Waals surface area contributed by atoms with Crippen molar-refractivity contribution in [1.29, 1.82) is 0 Å². The van der Waals surface area contributed by atoms with Crippen LogP contribution >= 0.6 is 0 Å². The average molecular weight is 282 g/mol. The molecule has 0 heterocycles. The zero-order valence-electron chi connectivity index (χ0n) is 9.87. The number of nitrogens with one attached hydrogen (secondary N) is 1. The van der Waals surface area contributed by atoms with Crippen molar-refractivity contribution in [3.63, 3.8) is 0 Å². The Balaban J connectivity index is 3.94. The summed E-state index contributed by atoms with van der Waals surface area (Å²) in [6.07, 6.45) is 0.525. The van der Waals surface area contributed by atoms with E-state index in [1.54, 1.807) is 0 Å². The number of carboxylic acids is 1. The lowest BCUT2D eigenvalue weighted by atomic mass is 10.5. The number of ether oxygens (including phenoxy) is 1. The minimum absolute atomic E-state index is 0.185. The van der Waals surface area contributed by atoms with Crippen molar-refractivity contribution in [1.82, 2.24) is 10.2 Å². The van der Waals surface area contributed by atoms with Gasteiger partial charge in [0.2, 0.25) is 0 Å². The third kappa shape index (κ3) is 9.72. The highest BCUT2D eigenvalue weighted by atomic mass is 19.4. The molecule has 0 spiro atoms. The summed E-state index contributed by atoms with van der Waals surface area (Å²) in [5, 5.41) is 10.7. The van der Waals surface area contributed by atoms with Crippen molar-refractivity contribution in [3.8, 4) is 12.3 Å². The van der Waals surface area contributed by atoms with Crippen molar-refractivity contribution >= 4 is 12.0 Å². The Kier molecular flexibility index (Phi) is 7.36. The molecule has 0 bridgehead atoms. The summed E-state index contributed by atoms with van der Waals surface area (Å²) >= 11 is 0. The molecule has 0 radical (unpaired) electrons. The maximum absolute atomic E-state index is 11.7. The van der Waals surface area contributed by atoms with E-state index in [9.17, 15) is 22.8 Å². The number of carbonyl (C=O) groups is 2. The standard InChI is InChI=1S/C10H13F3N2O4/c1-2-4-15(6-8(16)17)9(18)14-3-5-19-7-10(11,12)13/h1H,3-7H2,(H,14,18)(H,16,17). The minimum atomic E-state index is -4.43.